The van der Waals surface area contributed by atoms with Gasteiger partial charge in [-0.3, -0.25) is 4.99 Å². The maximum atomic E-state index is 13.2. The molecular weight excluding hydrogens is 468 g/mol. The predicted octanol–water partition coefficient (Wildman–Crippen LogP) is 4.24. The molecule has 0 spiro atoms. The van der Waals surface area contributed by atoms with Gasteiger partial charge in [0.05, 0.1) is 6.10 Å². The molecule has 0 amide bonds. The third-order valence-electron chi connectivity index (χ3n) is 5.09. The fraction of sp³-hybridized carbons (Fsp3) is 0.409. The number of hydrogen-bond donors (Lipinski definition) is 2. The zero-order chi connectivity index (χ0) is 19.1. The normalized spacial score (nSPS) is 19.2. The molecule has 4 nitrogen and oxygen atoms in total. The Morgan fingerprint density at radius 2 is 1.96 bits per heavy atom. The molecular formula is C22H29FIN3O. The summed E-state index contributed by atoms with van der Waals surface area (Å²) in [6.45, 7) is 4.29. The Kier molecular flexibility index (Phi) is 9.18. The summed E-state index contributed by atoms with van der Waals surface area (Å²) in [6, 6.07) is 15.3. The molecule has 1 saturated heterocycles. The molecule has 0 aliphatic carbocycles. The number of hydrogen-bond acceptors (Lipinski definition) is 2. The lowest BCUT2D eigenvalue weighted by Crippen LogP contribution is -2.41. The van der Waals surface area contributed by atoms with E-state index in [0.717, 1.165) is 49.6 Å². The number of aryl methyl sites for hydroxylation is 1. The third kappa shape index (κ3) is 6.17. The Balaban J connectivity index is 0.00000280. The van der Waals surface area contributed by atoms with Gasteiger partial charge < -0.3 is 15.4 Å². The second kappa shape index (κ2) is 11.4. The highest BCUT2D eigenvalue weighted by atomic mass is 127. The average molecular weight is 497 g/mol. The van der Waals surface area contributed by atoms with Gasteiger partial charge >= 0.3 is 0 Å². The minimum Gasteiger partial charge on any atom is -0.373 e. The largest absolute Gasteiger partial charge is 0.373 e. The molecule has 2 aromatic rings. The van der Waals surface area contributed by atoms with Gasteiger partial charge in [0.2, 0.25) is 0 Å². The van der Waals surface area contributed by atoms with Crippen LogP contribution in [0.5, 0.6) is 0 Å². The Hall–Kier alpha value is -1.67. The lowest BCUT2D eigenvalue weighted by atomic mass is 9.95. The van der Waals surface area contributed by atoms with Gasteiger partial charge in [0.25, 0.3) is 0 Å². The predicted molar refractivity (Wildman–Crippen MR) is 123 cm³/mol. The Morgan fingerprint density at radius 1 is 1.18 bits per heavy atom. The summed E-state index contributed by atoms with van der Waals surface area (Å²) in [5.41, 5.74) is 3.36. The smallest absolute Gasteiger partial charge is 0.190 e. The fourth-order valence-corrected chi connectivity index (χ4v) is 3.56. The molecule has 2 N–H and O–H groups in total. The van der Waals surface area contributed by atoms with Crippen molar-refractivity contribution in [2.45, 2.75) is 25.9 Å². The number of aliphatic imine (C=N–C) groups is 1. The number of guanidine groups is 1. The van der Waals surface area contributed by atoms with Gasteiger partial charge in [0.15, 0.2) is 5.96 Å². The monoisotopic (exact) mass is 497 g/mol. The van der Waals surface area contributed by atoms with Crippen molar-refractivity contribution in [2.24, 2.45) is 10.9 Å². The first-order valence-corrected chi connectivity index (χ1v) is 9.53. The molecule has 1 fully saturated rings. The lowest BCUT2D eigenvalue weighted by Gasteiger charge is -2.21. The van der Waals surface area contributed by atoms with Crippen LogP contribution in [0.15, 0.2) is 53.5 Å². The van der Waals surface area contributed by atoms with E-state index in [9.17, 15) is 4.39 Å². The zero-order valence-corrected chi connectivity index (χ0v) is 18.8. The molecule has 2 unspecified atom stereocenters. The van der Waals surface area contributed by atoms with Crippen LogP contribution in [0.4, 0.5) is 4.39 Å². The highest BCUT2D eigenvalue weighted by Crippen LogP contribution is 2.33. The van der Waals surface area contributed by atoms with Crippen LogP contribution in [-0.4, -0.2) is 32.7 Å². The van der Waals surface area contributed by atoms with Gasteiger partial charge in [0, 0.05) is 32.7 Å². The summed E-state index contributed by atoms with van der Waals surface area (Å²) >= 11 is 0. The molecule has 0 radical (unpaired) electrons. The van der Waals surface area contributed by atoms with Crippen LogP contribution in [-0.2, 0) is 11.2 Å². The minimum atomic E-state index is -0.187. The molecule has 3 rings (SSSR count). The van der Waals surface area contributed by atoms with Crippen LogP contribution >= 0.6 is 24.0 Å². The van der Waals surface area contributed by atoms with Gasteiger partial charge in [-0.2, -0.15) is 0 Å². The lowest BCUT2D eigenvalue weighted by molar-refractivity contribution is 0.0915. The van der Waals surface area contributed by atoms with Crippen LogP contribution in [0.1, 0.15) is 29.2 Å². The molecule has 0 saturated carbocycles. The van der Waals surface area contributed by atoms with Crippen LogP contribution in [0, 0.1) is 18.7 Å². The molecule has 2 atom stereocenters. The zero-order valence-electron chi connectivity index (χ0n) is 16.5. The van der Waals surface area contributed by atoms with Crippen LogP contribution in [0.3, 0.4) is 0 Å². The van der Waals surface area contributed by atoms with Gasteiger partial charge in [-0.15, -0.1) is 24.0 Å². The Labute approximate surface area is 184 Å². The summed E-state index contributed by atoms with van der Waals surface area (Å²) in [4.78, 5) is 4.31. The van der Waals surface area contributed by atoms with Crippen molar-refractivity contribution in [3.63, 3.8) is 0 Å². The SMILES string of the molecule is CN=C(NCCc1ccc(F)cc1C)NCC1CCOC1c1ccccc1.I. The van der Waals surface area contributed by atoms with Crippen molar-refractivity contribution >= 4 is 29.9 Å². The van der Waals surface area contributed by atoms with E-state index in [1.807, 2.05) is 19.1 Å². The van der Waals surface area contributed by atoms with E-state index in [2.05, 4.69) is 39.9 Å². The molecule has 2 aromatic carbocycles. The molecule has 1 heterocycles. The molecule has 1 aliphatic rings. The quantitative estimate of drug-likeness (QED) is 0.357. The van der Waals surface area contributed by atoms with Crippen molar-refractivity contribution in [3.8, 4) is 0 Å². The Bertz CT molecular complexity index is 770. The molecule has 0 aromatic heterocycles. The van der Waals surface area contributed by atoms with Crippen LogP contribution in [0.2, 0.25) is 0 Å². The second-order valence-corrected chi connectivity index (χ2v) is 6.95. The van der Waals surface area contributed by atoms with Crippen molar-refractivity contribution < 1.29 is 9.13 Å². The molecule has 28 heavy (non-hydrogen) atoms. The van der Waals surface area contributed by atoms with E-state index < -0.39 is 0 Å². The van der Waals surface area contributed by atoms with Crippen LogP contribution in [0.25, 0.3) is 0 Å². The van der Waals surface area contributed by atoms with Crippen molar-refractivity contribution in [2.75, 3.05) is 26.7 Å². The minimum absolute atomic E-state index is 0. The number of nitrogens with one attached hydrogen (secondary N) is 2. The van der Waals surface area contributed by atoms with E-state index in [4.69, 9.17) is 4.74 Å². The first-order valence-electron chi connectivity index (χ1n) is 9.53. The van der Waals surface area contributed by atoms with Gasteiger partial charge in [-0.25, -0.2) is 4.39 Å². The summed E-state index contributed by atoms with van der Waals surface area (Å²) in [7, 11) is 1.78. The van der Waals surface area contributed by atoms with Crippen molar-refractivity contribution in [1.82, 2.24) is 10.6 Å². The van der Waals surface area contributed by atoms with Gasteiger partial charge in [0.1, 0.15) is 5.82 Å². The number of ether oxygens (including phenoxy) is 1. The highest BCUT2D eigenvalue weighted by Gasteiger charge is 2.29. The van der Waals surface area contributed by atoms with Crippen LogP contribution < -0.4 is 10.6 Å². The second-order valence-electron chi connectivity index (χ2n) is 6.95. The number of benzene rings is 2. The van der Waals surface area contributed by atoms with E-state index >= 15 is 0 Å². The van der Waals surface area contributed by atoms with E-state index in [1.54, 1.807) is 13.1 Å². The summed E-state index contributed by atoms with van der Waals surface area (Å²) < 4.78 is 19.1. The highest BCUT2D eigenvalue weighted by molar-refractivity contribution is 14.0. The standard InChI is InChI=1S/C22H28FN3O.HI/c1-16-14-20(23)9-8-17(16)10-12-25-22(24-2)26-15-19-11-13-27-21(19)18-6-4-3-5-7-18;/h3-9,14,19,21H,10-13,15H2,1-2H3,(H2,24,25,26);1H. The first-order chi connectivity index (χ1) is 13.2. The summed E-state index contributed by atoms with van der Waals surface area (Å²) in [5.74, 6) is 1.02. The number of rotatable bonds is 6. The third-order valence-corrected chi connectivity index (χ3v) is 5.09. The van der Waals surface area contributed by atoms with E-state index in [-0.39, 0.29) is 35.9 Å². The van der Waals surface area contributed by atoms with Crippen molar-refractivity contribution in [3.05, 3.63) is 71.0 Å². The number of halogens is 2. The topological polar surface area (TPSA) is 45.7 Å². The maximum absolute atomic E-state index is 13.2. The van der Waals surface area contributed by atoms with Gasteiger partial charge in [-0.05, 0) is 48.6 Å². The molecule has 1 aliphatic heterocycles. The van der Waals surface area contributed by atoms with E-state index in [0.29, 0.717) is 5.92 Å². The molecule has 6 heteroatoms. The first kappa shape index (κ1) is 22.6. The summed E-state index contributed by atoms with van der Waals surface area (Å²) in [6.07, 6.45) is 2.00. The average Bonchev–Trinajstić information content (AvgIpc) is 3.15. The van der Waals surface area contributed by atoms with Gasteiger partial charge in [-0.1, -0.05) is 36.4 Å². The fourth-order valence-electron chi connectivity index (χ4n) is 3.56. The Morgan fingerprint density at radius 3 is 2.68 bits per heavy atom. The van der Waals surface area contributed by atoms with E-state index in [1.165, 1.54) is 11.6 Å². The maximum Gasteiger partial charge on any atom is 0.190 e. The number of nitrogens with zero attached hydrogens (tertiary/aromatic N) is 1. The molecule has 152 valence electrons. The molecule has 0 bridgehead atoms. The van der Waals surface area contributed by atoms with Crippen molar-refractivity contribution in [1.29, 1.82) is 0 Å². The summed E-state index contributed by atoms with van der Waals surface area (Å²) in [5, 5.41) is 6.76.